The normalized spacial score (nSPS) is 20.2. The van der Waals surface area contributed by atoms with Crippen LogP contribution in [0, 0.1) is 0 Å². The fraction of sp³-hybridized carbons (Fsp3) is 0.444. The van der Waals surface area contributed by atoms with Crippen LogP contribution in [0.1, 0.15) is 57.4 Å². The summed E-state index contributed by atoms with van der Waals surface area (Å²) in [6.45, 7) is 0. The van der Waals surface area contributed by atoms with Gasteiger partial charge in [-0.05, 0) is 50.0 Å². The van der Waals surface area contributed by atoms with Crippen LogP contribution >= 0.6 is 24.8 Å². The van der Waals surface area contributed by atoms with Crippen LogP contribution < -0.4 is 16.0 Å². The monoisotopic (exact) mass is 527 g/mol. The van der Waals surface area contributed by atoms with E-state index in [-0.39, 0.29) is 24.8 Å². The van der Waals surface area contributed by atoms with Crippen molar-refractivity contribution in [2.24, 2.45) is 5.73 Å². The standard InChI is InChI=1S/C27H33N7.2ClH/c1-33(24-12-6-8-18-7-2-5-11-22(18)24)27-31-23-17-29-26(30-20-15-13-19(28)14-16-20)32-25(23)34(27)21-9-3-4-10-21;;/h2,5-8,11-12,17,19-21H,3-4,9-10,13-16,28H2,1H3,(H,29,30,32);2*1H. The van der Waals surface area contributed by atoms with Gasteiger partial charge in [0.25, 0.3) is 0 Å². The second kappa shape index (κ2) is 11.2. The first-order chi connectivity index (χ1) is 16.7. The van der Waals surface area contributed by atoms with Gasteiger partial charge in [-0.15, -0.1) is 24.8 Å². The zero-order chi connectivity index (χ0) is 23.1. The molecule has 36 heavy (non-hydrogen) atoms. The minimum atomic E-state index is 0. The number of nitrogens with two attached hydrogens (primary N) is 1. The van der Waals surface area contributed by atoms with Crippen molar-refractivity contribution in [3.8, 4) is 0 Å². The molecule has 9 heteroatoms. The largest absolute Gasteiger partial charge is 0.351 e. The van der Waals surface area contributed by atoms with Gasteiger partial charge in [0.1, 0.15) is 5.52 Å². The second-order valence-corrected chi connectivity index (χ2v) is 9.94. The van der Waals surface area contributed by atoms with Crippen molar-refractivity contribution in [3.05, 3.63) is 48.7 Å². The molecule has 0 spiro atoms. The summed E-state index contributed by atoms with van der Waals surface area (Å²) in [5.74, 6) is 1.64. The summed E-state index contributed by atoms with van der Waals surface area (Å²) in [5.41, 5.74) is 9.02. The lowest BCUT2D eigenvalue weighted by Crippen LogP contribution is -2.33. The number of hydrogen-bond acceptors (Lipinski definition) is 6. The highest BCUT2D eigenvalue weighted by atomic mass is 35.5. The summed E-state index contributed by atoms with van der Waals surface area (Å²) in [5, 5.41) is 6.03. The molecule has 0 atom stereocenters. The first kappa shape index (κ1) is 26.5. The van der Waals surface area contributed by atoms with E-state index in [1.54, 1.807) is 0 Å². The Morgan fingerprint density at radius 2 is 1.64 bits per heavy atom. The van der Waals surface area contributed by atoms with Gasteiger partial charge < -0.3 is 16.0 Å². The molecular weight excluding hydrogens is 493 g/mol. The third-order valence-corrected chi connectivity index (χ3v) is 7.64. The van der Waals surface area contributed by atoms with E-state index >= 15 is 0 Å². The van der Waals surface area contributed by atoms with Crippen molar-refractivity contribution >= 4 is 64.3 Å². The number of aromatic nitrogens is 4. The maximum atomic E-state index is 6.09. The number of nitrogens with one attached hydrogen (secondary N) is 1. The van der Waals surface area contributed by atoms with Gasteiger partial charge in [-0.25, -0.2) is 9.97 Å². The van der Waals surface area contributed by atoms with Gasteiger partial charge in [0.05, 0.1) is 11.9 Å². The van der Waals surface area contributed by atoms with E-state index in [4.69, 9.17) is 15.7 Å². The number of rotatable bonds is 5. The fourth-order valence-electron chi connectivity index (χ4n) is 5.74. The average molecular weight is 529 g/mol. The predicted molar refractivity (Wildman–Crippen MR) is 153 cm³/mol. The van der Waals surface area contributed by atoms with Gasteiger partial charge in [0.2, 0.25) is 11.9 Å². The molecule has 0 aliphatic heterocycles. The number of hydrogen-bond donors (Lipinski definition) is 2. The van der Waals surface area contributed by atoms with Gasteiger partial charge in [-0.3, -0.25) is 4.57 Å². The maximum absolute atomic E-state index is 6.09. The Labute approximate surface area is 224 Å². The van der Waals surface area contributed by atoms with E-state index in [9.17, 15) is 0 Å². The molecule has 0 amide bonds. The third-order valence-electron chi connectivity index (χ3n) is 7.64. The average Bonchev–Trinajstić information content (AvgIpc) is 3.52. The lowest BCUT2D eigenvalue weighted by Gasteiger charge is -2.27. The Morgan fingerprint density at radius 1 is 0.917 bits per heavy atom. The molecule has 6 rings (SSSR count). The summed E-state index contributed by atoms with van der Waals surface area (Å²) in [6, 6.07) is 16.1. The number of anilines is 3. The Kier molecular flexibility index (Phi) is 8.23. The minimum absolute atomic E-state index is 0. The van der Waals surface area contributed by atoms with Crippen LogP contribution in [0.25, 0.3) is 21.9 Å². The van der Waals surface area contributed by atoms with Crippen molar-refractivity contribution in [3.63, 3.8) is 0 Å². The van der Waals surface area contributed by atoms with Crippen LogP contribution in [-0.2, 0) is 0 Å². The Hall–Kier alpha value is -2.61. The van der Waals surface area contributed by atoms with Crippen LogP contribution in [0.2, 0.25) is 0 Å². The van der Waals surface area contributed by atoms with E-state index < -0.39 is 0 Å². The molecule has 0 bridgehead atoms. The predicted octanol–water partition coefficient (Wildman–Crippen LogP) is 6.39. The van der Waals surface area contributed by atoms with Crippen molar-refractivity contribution in [1.29, 1.82) is 0 Å². The molecule has 2 saturated carbocycles. The van der Waals surface area contributed by atoms with Crippen molar-refractivity contribution < 1.29 is 0 Å². The van der Waals surface area contributed by atoms with Crippen LogP contribution in [0.5, 0.6) is 0 Å². The third kappa shape index (κ3) is 4.97. The summed E-state index contributed by atoms with van der Waals surface area (Å²) in [7, 11) is 2.12. The maximum Gasteiger partial charge on any atom is 0.224 e. The Balaban J connectivity index is 0.00000152. The summed E-state index contributed by atoms with van der Waals surface area (Å²) >= 11 is 0. The van der Waals surface area contributed by atoms with Gasteiger partial charge in [-0.1, -0.05) is 49.2 Å². The van der Waals surface area contributed by atoms with Gasteiger partial charge in [0.15, 0.2) is 5.65 Å². The Morgan fingerprint density at radius 3 is 2.42 bits per heavy atom. The zero-order valence-corrected chi connectivity index (χ0v) is 22.3. The zero-order valence-electron chi connectivity index (χ0n) is 20.6. The summed E-state index contributed by atoms with van der Waals surface area (Å²) in [6.07, 6.45) is 11.0. The topological polar surface area (TPSA) is 84.9 Å². The first-order valence-electron chi connectivity index (χ1n) is 12.7. The molecule has 2 fully saturated rings. The molecule has 2 aromatic carbocycles. The molecule has 7 nitrogen and oxygen atoms in total. The lowest BCUT2D eigenvalue weighted by atomic mass is 9.92. The molecule has 2 aromatic heterocycles. The van der Waals surface area contributed by atoms with E-state index in [1.807, 2.05) is 6.20 Å². The molecule has 3 N–H and O–H groups in total. The molecule has 4 aromatic rings. The molecule has 2 aliphatic rings. The smallest absolute Gasteiger partial charge is 0.224 e. The second-order valence-electron chi connectivity index (χ2n) is 9.94. The van der Waals surface area contributed by atoms with Gasteiger partial charge >= 0.3 is 0 Å². The number of nitrogens with zero attached hydrogens (tertiary/aromatic N) is 5. The van der Waals surface area contributed by atoms with Crippen molar-refractivity contribution in [2.45, 2.75) is 69.5 Å². The molecule has 2 aliphatic carbocycles. The van der Waals surface area contributed by atoms with E-state index in [0.29, 0.717) is 24.1 Å². The van der Waals surface area contributed by atoms with Crippen LogP contribution in [0.15, 0.2) is 48.7 Å². The highest BCUT2D eigenvalue weighted by Crippen LogP contribution is 2.39. The van der Waals surface area contributed by atoms with Crippen LogP contribution in [0.4, 0.5) is 17.6 Å². The lowest BCUT2D eigenvalue weighted by molar-refractivity contribution is 0.410. The van der Waals surface area contributed by atoms with E-state index in [1.165, 1.54) is 23.6 Å². The minimum Gasteiger partial charge on any atom is -0.351 e. The molecule has 2 heterocycles. The number of fused-ring (bicyclic) bond motifs is 2. The molecule has 0 saturated heterocycles. The Bertz CT molecular complexity index is 1300. The quantitative estimate of drug-likeness (QED) is 0.312. The summed E-state index contributed by atoms with van der Waals surface area (Å²) in [4.78, 5) is 16.9. The molecular formula is C27H35Cl2N7. The summed E-state index contributed by atoms with van der Waals surface area (Å²) < 4.78 is 2.37. The van der Waals surface area contributed by atoms with Gasteiger partial charge in [-0.2, -0.15) is 4.98 Å². The fourth-order valence-corrected chi connectivity index (χ4v) is 5.74. The van der Waals surface area contributed by atoms with Crippen LogP contribution in [0.3, 0.4) is 0 Å². The highest BCUT2D eigenvalue weighted by molar-refractivity contribution is 5.96. The number of imidazole rings is 1. The molecule has 0 unspecified atom stereocenters. The number of halogens is 2. The first-order valence-corrected chi connectivity index (χ1v) is 12.7. The SMILES string of the molecule is CN(c1cccc2ccccc12)c1nc2cnc(NC3CCC(N)CC3)nc2n1C1CCCC1.Cl.Cl. The highest BCUT2D eigenvalue weighted by Gasteiger charge is 2.27. The van der Waals surface area contributed by atoms with Crippen molar-refractivity contribution in [2.75, 3.05) is 17.3 Å². The van der Waals surface area contributed by atoms with E-state index in [0.717, 1.165) is 61.3 Å². The van der Waals surface area contributed by atoms with Crippen LogP contribution in [-0.4, -0.2) is 38.7 Å². The molecule has 0 radical (unpaired) electrons. The van der Waals surface area contributed by atoms with E-state index in [2.05, 4.69) is 69.3 Å². The van der Waals surface area contributed by atoms with Crippen molar-refractivity contribution in [1.82, 2.24) is 19.5 Å². The number of benzene rings is 2. The molecule has 192 valence electrons. The van der Waals surface area contributed by atoms with Gasteiger partial charge in [0, 0.05) is 30.6 Å².